The van der Waals surface area contributed by atoms with Crippen LogP contribution in [0.25, 0.3) is 11.0 Å². The molecule has 1 amide bonds. The molecule has 0 unspecified atom stereocenters. The van der Waals surface area contributed by atoms with Crippen LogP contribution in [0.3, 0.4) is 0 Å². The van der Waals surface area contributed by atoms with Crippen LogP contribution in [0.1, 0.15) is 24.8 Å². The molecular formula is C22H23FN6O. The third-order valence-corrected chi connectivity index (χ3v) is 6.14. The third-order valence-electron chi connectivity index (χ3n) is 6.14. The average molecular weight is 406 g/mol. The maximum Gasteiger partial charge on any atom is 0.226 e. The summed E-state index contributed by atoms with van der Waals surface area (Å²) in [7, 11) is 0. The number of amides is 1. The fraction of sp³-hybridized carbons (Fsp3) is 0.409. The van der Waals surface area contributed by atoms with E-state index in [0.717, 1.165) is 36.7 Å². The summed E-state index contributed by atoms with van der Waals surface area (Å²) < 4.78 is 13.1. The summed E-state index contributed by atoms with van der Waals surface area (Å²) in [4.78, 5) is 34.0. The molecule has 4 heterocycles. The van der Waals surface area contributed by atoms with Gasteiger partial charge in [-0.15, -0.1) is 0 Å². The van der Waals surface area contributed by atoms with Gasteiger partial charge in [0.1, 0.15) is 0 Å². The Morgan fingerprint density at radius 3 is 2.77 bits per heavy atom. The minimum atomic E-state index is -0.439. The molecule has 0 aliphatic carbocycles. The second-order valence-corrected chi connectivity index (χ2v) is 8.00. The number of nitrogens with zero attached hydrogens (tertiary/aromatic N) is 6. The predicted molar refractivity (Wildman–Crippen MR) is 110 cm³/mol. The fourth-order valence-corrected chi connectivity index (χ4v) is 4.70. The van der Waals surface area contributed by atoms with Crippen LogP contribution in [0.15, 0.2) is 43.0 Å². The number of aromatic nitrogens is 4. The highest BCUT2D eigenvalue weighted by Crippen LogP contribution is 2.32. The Morgan fingerprint density at radius 2 is 1.90 bits per heavy atom. The molecule has 5 rings (SSSR count). The molecule has 1 aromatic carbocycles. The largest absolute Gasteiger partial charge is 0.337 e. The van der Waals surface area contributed by atoms with Crippen molar-refractivity contribution in [2.45, 2.75) is 31.7 Å². The molecule has 2 aliphatic rings. The summed E-state index contributed by atoms with van der Waals surface area (Å²) in [5.41, 5.74) is 3.04. The van der Waals surface area contributed by atoms with Crippen LogP contribution in [0, 0.1) is 11.7 Å². The third kappa shape index (κ3) is 3.58. The van der Waals surface area contributed by atoms with E-state index in [2.05, 4.69) is 26.0 Å². The van der Waals surface area contributed by atoms with Gasteiger partial charge >= 0.3 is 0 Å². The number of carbonyl (C=O) groups excluding carboxylic acids is 1. The highest BCUT2D eigenvalue weighted by atomic mass is 19.1. The Kier molecular flexibility index (Phi) is 4.98. The van der Waals surface area contributed by atoms with E-state index in [1.54, 1.807) is 12.4 Å². The number of hydrogen-bond acceptors (Lipinski definition) is 6. The monoisotopic (exact) mass is 406 g/mol. The molecule has 3 aromatic rings. The van der Waals surface area contributed by atoms with Crippen molar-refractivity contribution < 1.29 is 9.18 Å². The van der Waals surface area contributed by atoms with E-state index in [0.29, 0.717) is 25.6 Å². The minimum absolute atomic E-state index is 0.0603. The number of halogens is 1. The van der Waals surface area contributed by atoms with Crippen LogP contribution in [-0.2, 0) is 11.2 Å². The lowest BCUT2D eigenvalue weighted by Crippen LogP contribution is -2.52. The molecule has 0 N–H and O–H groups in total. The number of carbonyl (C=O) groups is 1. The van der Waals surface area contributed by atoms with Crippen LogP contribution < -0.4 is 4.90 Å². The highest BCUT2D eigenvalue weighted by Gasteiger charge is 2.42. The fourth-order valence-electron chi connectivity index (χ4n) is 4.70. The lowest BCUT2D eigenvalue weighted by atomic mass is 9.96. The van der Waals surface area contributed by atoms with Crippen LogP contribution >= 0.6 is 0 Å². The van der Waals surface area contributed by atoms with Crippen molar-refractivity contribution in [1.82, 2.24) is 24.8 Å². The first-order valence-electron chi connectivity index (χ1n) is 10.4. The summed E-state index contributed by atoms with van der Waals surface area (Å²) in [5, 5.41) is 0. The number of fused-ring (bicyclic) bond motifs is 2. The van der Waals surface area contributed by atoms with Gasteiger partial charge in [-0.2, -0.15) is 0 Å². The van der Waals surface area contributed by atoms with Crippen molar-refractivity contribution in [3.63, 3.8) is 0 Å². The van der Waals surface area contributed by atoms with Gasteiger partial charge in [-0.1, -0.05) is 12.1 Å². The zero-order valence-corrected chi connectivity index (χ0v) is 16.6. The summed E-state index contributed by atoms with van der Waals surface area (Å²) in [6.45, 7) is 2.04. The number of benzene rings is 1. The van der Waals surface area contributed by atoms with Crippen molar-refractivity contribution in [3.8, 4) is 0 Å². The molecule has 7 nitrogen and oxygen atoms in total. The van der Waals surface area contributed by atoms with Gasteiger partial charge in [0, 0.05) is 37.9 Å². The quantitative estimate of drug-likeness (QED) is 0.648. The van der Waals surface area contributed by atoms with Crippen LogP contribution in [0.2, 0.25) is 0 Å². The summed E-state index contributed by atoms with van der Waals surface area (Å²) in [5.74, 6) is 0.414. The zero-order chi connectivity index (χ0) is 20.5. The van der Waals surface area contributed by atoms with Crippen LogP contribution in [0.5, 0.6) is 0 Å². The number of rotatable bonds is 5. The van der Waals surface area contributed by atoms with Gasteiger partial charge in [0.15, 0.2) is 5.82 Å². The molecule has 2 atom stereocenters. The number of aryl methyl sites for hydroxylation is 1. The Labute approximate surface area is 174 Å². The van der Waals surface area contributed by atoms with Gasteiger partial charge in [-0.25, -0.2) is 14.4 Å². The van der Waals surface area contributed by atoms with Gasteiger partial charge in [0.25, 0.3) is 0 Å². The summed E-state index contributed by atoms with van der Waals surface area (Å²) in [6.07, 6.45) is 9.36. The number of piperazine rings is 1. The van der Waals surface area contributed by atoms with E-state index in [1.807, 2.05) is 21.9 Å². The van der Waals surface area contributed by atoms with Crippen LogP contribution in [-0.4, -0.2) is 56.4 Å². The van der Waals surface area contributed by atoms with Crippen molar-refractivity contribution in [1.29, 1.82) is 0 Å². The van der Waals surface area contributed by atoms with Gasteiger partial charge < -0.3 is 9.80 Å². The molecule has 0 bridgehead atoms. The minimum Gasteiger partial charge on any atom is -0.337 e. The first-order chi connectivity index (χ1) is 14.7. The van der Waals surface area contributed by atoms with Crippen molar-refractivity contribution in [3.05, 3.63) is 54.4 Å². The molecule has 8 heteroatoms. The SMILES string of the molecule is O=C1[C@@H](CCCc2cccc3nccnc23)C[C@H]2CN(c3ncc(F)cn3)CCN12. The maximum atomic E-state index is 13.1. The molecule has 0 radical (unpaired) electrons. The number of hydrogen-bond donors (Lipinski definition) is 0. The van der Waals surface area contributed by atoms with Gasteiger partial charge in [0.05, 0.1) is 29.5 Å². The zero-order valence-electron chi connectivity index (χ0n) is 16.6. The molecule has 0 spiro atoms. The Balaban J connectivity index is 1.20. The van der Waals surface area contributed by atoms with E-state index < -0.39 is 5.82 Å². The molecule has 0 saturated carbocycles. The maximum absolute atomic E-state index is 13.1. The van der Waals surface area contributed by atoms with E-state index in [1.165, 1.54) is 18.0 Å². The molecule has 2 aliphatic heterocycles. The Hall–Kier alpha value is -3.16. The van der Waals surface area contributed by atoms with E-state index in [-0.39, 0.29) is 17.9 Å². The van der Waals surface area contributed by atoms with E-state index in [4.69, 9.17) is 0 Å². The predicted octanol–water partition coefficient (Wildman–Crippen LogP) is 2.62. The van der Waals surface area contributed by atoms with Crippen molar-refractivity contribution >= 4 is 22.9 Å². The molecule has 2 saturated heterocycles. The second-order valence-electron chi connectivity index (χ2n) is 8.00. The second kappa shape index (κ2) is 7.93. The van der Waals surface area contributed by atoms with Gasteiger partial charge in [-0.3, -0.25) is 14.8 Å². The van der Waals surface area contributed by atoms with E-state index >= 15 is 0 Å². The first-order valence-corrected chi connectivity index (χ1v) is 10.4. The normalized spacial score (nSPS) is 21.3. The average Bonchev–Trinajstić information content (AvgIpc) is 3.09. The molecule has 30 heavy (non-hydrogen) atoms. The lowest BCUT2D eigenvalue weighted by Gasteiger charge is -2.37. The van der Waals surface area contributed by atoms with Gasteiger partial charge in [-0.05, 0) is 37.3 Å². The Bertz CT molecular complexity index is 1050. The first kappa shape index (κ1) is 18.8. The number of para-hydroxylation sites is 1. The Morgan fingerprint density at radius 1 is 1.07 bits per heavy atom. The molecular weight excluding hydrogens is 383 g/mol. The highest BCUT2D eigenvalue weighted by molar-refractivity contribution is 5.82. The standard InChI is InChI=1S/C22H23FN6O/c23-17-12-26-22(27-13-17)28-9-10-29-18(14-28)11-16(21(29)30)5-1-3-15-4-2-6-19-20(15)25-8-7-24-19/h2,4,6-8,12-13,16,18H,1,3,5,9-11,14H2/t16-,18-/m0/s1. The summed E-state index contributed by atoms with van der Waals surface area (Å²) >= 11 is 0. The smallest absolute Gasteiger partial charge is 0.226 e. The lowest BCUT2D eigenvalue weighted by molar-refractivity contribution is -0.132. The molecule has 154 valence electrons. The van der Waals surface area contributed by atoms with E-state index in [9.17, 15) is 9.18 Å². The summed E-state index contributed by atoms with van der Waals surface area (Å²) in [6, 6.07) is 6.26. The van der Waals surface area contributed by atoms with Crippen molar-refractivity contribution in [2.24, 2.45) is 5.92 Å². The molecule has 2 aromatic heterocycles. The van der Waals surface area contributed by atoms with Crippen molar-refractivity contribution in [2.75, 3.05) is 24.5 Å². The van der Waals surface area contributed by atoms with Crippen LogP contribution in [0.4, 0.5) is 10.3 Å². The van der Waals surface area contributed by atoms with Gasteiger partial charge in [0.2, 0.25) is 11.9 Å². The topological polar surface area (TPSA) is 75.1 Å². The number of anilines is 1. The molecule has 2 fully saturated rings.